The van der Waals surface area contributed by atoms with Crippen molar-refractivity contribution in [2.75, 3.05) is 7.05 Å². The lowest BCUT2D eigenvalue weighted by Gasteiger charge is -2.39. The summed E-state index contributed by atoms with van der Waals surface area (Å²) in [5.41, 5.74) is 2.44. The monoisotopic (exact) mass is 377 g/mol. The van der Waals surface area contributed by atoms with Gasteiger partial charge < -0.3 is 0 Å². The fourth-order valence-corrected chi connectivity index (χ4v) is 5.11. The summed E-state index contributed by atoms with van der Waals surface area (Å²) in [5.74, 6) is 2.54. The van der Waals surface area contributed by atoms with Gasteiger partial charge in [0, 0.05) is 17.0 Å². The number of thiophene rings is 1. The molecule has 0 aromatic carbocycles. The smallest absolute Gasteiger partial charge is 0.243 e. The van der Waals surface area contributed by atoms with E-state index in [2.05, 4.69) is 50.6 Å². The highest BCUT2D eigenvalue weighted by Crippen LogP contribution is 2.41. The Balaban J connectivity index is 0.00000157. The SMILES string of the molecule is Cc1nnc2c3c4c(sc3n3c(C)nnc3n12)CN(C)C(C)(C)C4.Cl. The maximum Gasteiger partial charge on any atom is 0.243 e. The van der Waals surface area contributed by atoms with Gasteiger partial charge in [-0.05, 0) is 46.7 Å². The molecule has 0 radical (unpaired) electrons. The van der Waals surface area contributed by atoms with E-state index in [4.69, 9.17) is 0 Å². The minimum absolute atomic E-state index is 0. The van der Waals surface area contributed by atoms with Crippen molar-refractivity contribution in [1.29, 1.82) is 0 Å². The Morgan fingerprint density at radius 3 is 2.44 bits per heavy atom. The number of aryl methyl sites for hydroxylation is 2. The summed E-state index contributed by atoms with van der Waals surface area (Å²) in [7, 11) is 2.20. The quantitative estimate of drug-likeness (QED) is 0.471. The average Bonchev–Trinajstić information content (AvgIpc) is 3.16. The summed E-state index contributed by atoms with van der Waals surface area (Å²) < 4.78 is 4.18. The molecule has 0 amide bonds. The first kappa shape index (κ1) is 16.7. The van der Waals surface area contributed by atoms with Gasteiger partial charge in [-0.25, -0.2) is 4.40 Å². The molecule has 7 nitrogen and oxygen atoms in total. The number of fused-ring (bicyclic) bond motifs is 8. The van der Waals surface area contributed by atoms with Crippen LogP contribution in [-0.4, -0.2) is 46.7 Å². The molecule has 0 unspecified atom stereocenters. The summed E-state index contributed by atoms with van der Waals surface area (Å²) in [6.45, 7) is 9.53. The summed E-state index contributed by atoms with van der Waals surface area (Å²) in [6, 6.07) is 0. The molecular formula is C16H20ClN7S. The number of nitrogens with zero attached hydrogens (tertiary/aromatic N) is 7. The van der Waals surface area contributed by atoms with E-state index < -0.39 is 0 Å². The zero-order valence-corrected chi connectivity index (χ0v) is 16.5. The normalized spacial score (nSPS) is 17.3. The maximum absolute atomic E-state index is 4.48. The lowest BCUT2D eigenvalue weighted by Crippen LogP contribution is -2.45. The number of rotatable bonds is 0. The Kier molecular flexibility index (Phi) is 3.42. The summed E-state index contributed by atoms with van der Waals surface area (Å²) in [5, 5.41) is 18.7. The number of hydrogen-bond donors (Lipinski definition) is 0. The van der Waals surface area contributed by atoms with Crippen molar-refractivity contribution in [1.82, 2.24) is 34.1 Å². The van der Waals surface area contributed by atoms with Crippen molar-refractivity contribution in [3.8, 4) is 0 Å². The van der Waals surface area contributed by atoms with Gasteiger partial charge >= 0.3 is 0 Å². The Morgan fingerprint density at radius 2 is 1.68 bits per heavy atom. The molecule has 0 aliphatic carbocycles. The number of likely N-dealkylation sites (N-methyl/N-ethyl adjacent to an activating group) is 1. The highest BCUT2D eigenvalue weighted by atomic mass is 35.5. The first-order valence-electron chi connectivity index (χ1n) is 8.09. The fraction of sp³-hybridized carbons (Fsp3) is 0.500. The van der Waals surface area contributed by atoms with Crippen LogP contribution in [0, 0.1) is 13.8 Å². The second kappa shape index (κ2) is 5.12. The molecule has 0 bridgehead atoms. The molecule has 5 heterocycles. The molecule has 1 aliphatic heterocycles. The van der Waals surface area contributed by atoms with Gasteiger partial charge in [0.15, 0.2) is 5.65 Å². The van der Waals surface area contributed by atoms with Crippen molar-refractivity contribution >= 4 is 45.4 Å². The molecule has 0 atom stereocenters. The summed E-state index contributed by atoms with van der Waals surface area (Å²) in [6.07, 6.45) is 1.01. The molecule has 132 valence electrons. The number of halogens is 1. The van der Waals surface area contributed by atoms with Gasteiger partial charge in [-0.3, -0.25) is 9.30 Å². The standard InChI is InChI=1S/C16H19N7S.ClH/c1-8-17-19-13-12-10-6-16(3,4)21(5)7-11(10)24-14(12)23-9(2)18-20-15(23)22(8)13;/h6-7H2,1-5H3;1H. The lowest BCUT2D eigenvalue weighted by atomic mass is 9.88. The topological polar surface area (TPSA) is 63.6 Å². The zero-order valence-electron chi connectivity index (χ0n) is 14.9. The van der Waals surface area contributed by atoms with Gasteiger partial charge in [0.2, 0.25) is 5.78 Å². The van der Waals surface area contributed by atoms with Crippen LogP contribution in [0.15, 0.2) is 0 Å². The molecule has 25 heavy (non-hydrogen) atoms. The number of hydrogen-bond acceptors (Lipinski definition) is 6. The van der Waals surface area contributed by atoms with E-state index in [1.807, 2.05) is 29.6 Å². The molecule has 5 rings (SSSR count). The second-order valence-electron chi connectivity index (χ2n) is 7.32. The minimum Gasteiger partial charge on any atom is -0.296 e. The zero-order chi connectivity index (χ0) is 16.8. The third-order valence-electron chi connectivity index (χ3n) is 5.35. The average molecular weight is 378 g/mol. The van der Waals surface area contributed by atoms with Crippen molar-refractivity contribution in [3.63, 3.8) is 0 Å². The molecule has 0 fully saturated rings. The van der Waals surface area contributed by atoms with E-state index >= 15 is 0 Å². The third-order valence-corrected chi connectivity index (χ3v) is 6.56. The van der Waals surface area contributed by atoms with E-state index in [0.717, 1.165) is 36.0 Å². The first-order valence-corrected chi connectivity index (χ1v) is 8.91. The maximum atomic E-state index is 4.48. The van der Waals surface area contributed by atoms with Gasteiger partial charge in [-0.2, -0.15) is 0 Å². The molecule has 0 saturated carbocycles. The van der Waals surface area contributed by atoms with E-state index in [-0.39, 0.29) is 17.9 Å². The molecular weight excluding hydrogens is 358 g/mol. The lowest BCUT2D eigenvalue weighted by molar-refractivity contribution is 0.136. The molecule has 0 spiro atoms. The highest BCUT2D eigenvalue weighted by Gasteiger charge is 2.34. The summed E-state index contributed by atoms with van der Waals surface area (Å²) in [4.78, 5) is 5.02. The van der Waals surface area contributed by atoms with Gasteiger partial charge in [0.1, 0.15) is 16.5 Å². The van der Waals surface area contributed by atoms with Gasteiger partial charge in [-0.1, -0.05) is 0 Å². The van der Waals surface area contributed by atoms with Crippen LogP contribution in [0.3, 0.4) is 0 Å². The van der Waals surface area contributed by atoms with Crippen LogP contribution in [0.25, 0.3) is 21.6 Å². The molecule has 1 aliphatic rings. The van der Waals surface area contributed by atoms with Crippen LogP contribution >= 0.6 is 23.7 Å². The van der Waals surface area contributed by atoms with E-state index in [1.54, 1.807) is 0 Å². The van der Waals surface area contributed by atoms with Crippen LogP contribution in [-0.2, 0) is 13.0 Å². The Morgan fingerprint density at radius 1 is 1.00 bits per heavy atom. The van der Waals surface area contributed by atoms with Crippen LogP contribution in [0.5, 0.6) is 0 Å². The Hall–Kier alpha value is -1.77. The van der Waals surface area contributed by atoms with Crippen molar-refractivity contribution < 1.29 is 0 Å². The third kappa shape index (κ3) is 2.01. The molecule has 0 N–H and O–H groups in total. The van der Waals surface area contributed by atoms with Gasteiger partial charge in [0.05, 0.1) is 5.39 Å². The van der Waals surface area contributed by atoms with Crippen LogP contribution < -0.4 is 0 Å². The van der Waals surface area contributed by atoms with E-state index in [1.165, 1.54) is 20.7 Å². The van der Waals surface area contributed by atoms with Crippen LogP contribution in [0.1, 0.15) is 35.9 Å². The second-order valence-corrected chi connectivity index (χ2v) is 8.40. The van der Waals surface area contributed by atoms with Gasteiger partial charge in [-0.15, -0.1) is 44.1 Å². The predicted octanol–water partition coefficient (Wildman–Crippen LogP) is 2.79. The number of aromatic nitrogens is 6. The molecule has 4 aromatic heterocycles. The van der Waals surface area contributed by atoms with Crippen LogP contribution in [0.2, 0.25) is 0 Å². The molecule has 9 heteroatoms. The Labute approximate surface area is 155 Å². The minimum atomic E-state index is 0. The van der Waals surface area contributed by atoms with Crippen molar-refractivity contribution in [2.45, 2.75) is 46.2 Å². The largest absolute Gasteiger partial charge is 0.296 e. The van der Waals surface area contributed by atoms with Crippen LogP contribution in [0.4, 0.5) is 0 Å². The highest BCUT2D eigenvalue weighted by molar-refractivity contribution is 7.19. The van der Waals surface area contributed by atoms with E-state index in [0.29, 0.717) is 0 Å². The van der Waals surface area contributed by atoms with Crippen molar-refractivity contribution in [2.24, 2.45) is 0 Å². The van der Waals surface area contributed by atoms with E-state index in [9.17, 15) is 0 Å². The fourth-order valence-electron chi connectivity index (χ4n) is 3.69. The predicted molar refractivity (Wildman–Crippen MR) is 101 cm³/mol. The van der Waals surface area contributed by atoms with Gasteiger partial charge in [0.25, 0.3) is 0 Å². The summed E-state index contributed by atoms with van der Waals surface area (Å²) >= 11 is 1.84. The van der Waals surface area contributed by atoms with Crippen molar-refractivity contribution in [3.05, 3.63) is 22.1 Å². The molecule has 4 aromatic rings. The molecule has 0 saturated heterocycles. The Bertz CT molecular complexity index is 1140. The first-order chi connectivity index (χ1) is 11.4.